The van der Waals surface area contributed by atoms with Crippen molar-refractivity contribution in [2.24, 2.45) is 0 Å². The van der Waals surface area contributed by atoms with Gasteiger partial charge in [-0.1, -0.05) is 12.8 Å². The summed E-state index contributed by atoms with van der Waals surface area (Å²) in [7, 11) is 0. The molecule has 0 unspecified atom stereocenters. The zero-order valence-corrected chi connectivity index (χ0v) is 10.0. The van der Waals surface area contributed by atoms with Gasteiger partial charge in [-0.25, -0.2) is 0 Å². The molecule has 3 nitrogen and oxygen atoms in total. The topological polar surface area (TPSA) is 27.7 Å². The third kappa shape index (κ3) is 5.50. The second-order valence-corrected chi connectivity index (χ2v) is 3.91. The number of ether oxygens (including phenoxy) is 3. The molecule has 0 heterocycles. The monoisotopic (exact) mass is 216 g/mol. The minimum Gasteiger partial charge on any atom is -0.378 e. The molecule has 0 aromatic rings. The predicted octanol–water partition coefficient (Wildman–Crippen LogP) is 2.73. The fourth-order valence-electron chi connectivity index (χ4n) is 1.97. The average Bonchev–Trinajstić information content (AvgIpc) is 2.71. The molecule has 90 valence electrons. The van der Waals surface area contributed by atoms with E-state index in [0.717, 1.165) is 13.0 Å². The van der Waals surface area contributed by atoms with Crippen LogP contribution in [0.1, 0.15) is 46.0 Å². The van der Waals surface area contributed by atoms with Gasteiger partial charge in [0.25, 0.3) is 0 Å². The zero-order chi connectivity index (χ0) is 10.9. The van der Waals surface area contributed by atoms with Crippen LogP contribution in [0, 0.1) is 0 Å². The van der Waals surface area contributed by atoms with Gasteiger partial charge in [0, 0.05) is 19.6 Å². The smallest absolute Gasteiger partial charge is 0.159 e. The summed E-state index contributed by atoms with van der Waals surface area (Å²) in [5, 5.41) is 0. The van der Waals surface area contributed by atoms with Crippen molar-refractivity contribution in [3.8, 4) is 0 Å². The van der Waals surface area contributed by atoms with Crippen molar-refractivity contribution >= 4 is 0 Å². The third-order valence-corrected chi connectivity index (χ3v) is 2.71. The third-order valence-electron chi connectivity index (χ3n) is 2.71. The SMILES string of the molecule is CCOC(CCOC1CCCC1)OCC. The summed E-state index contributed by atoms with van der Waals surface area (Å²) in [6.45, 7) is 6.14. The molecule has 1 rings (SSSR count). The molecule has 1 fully saturated rings. The van der Waals surface area contributed by atoms with Gasteiger partial charge >= 0.3 is 0 Å². The standard InChI is InChI=1S/C12H24O3/c1-3-13-12(14-4-2)9-10-15-11-7-5-6-8-11/h11-12H,3-10H2,1-2H3. The van der Waals surface area contributed by atoms with Gasteiger partial charge in [-0.15, -0.1) is 0 Å². The molecule has 3 heteroatoms. The first-order valence-corrected chi connectivity index (χ1v) is 6.21. The fraction of sp³-hybridized carbons (Fsp3) is 1.00. The van der Waals surface area contributed by atoms with E-state index in [9.17, 15) is 0 Å². The fourth-order valence-corrected chi connectivity index (χ4v) is 1.97. The van der Waals surface area contributed by atoms with E-state index in [1.54, 1.807) is 0 Å². The van der Waals surface area contributed by atoms with Crippen LogP contribution >= 0.6 is 0 Å². The molecule has 0 aromatic carbocycles. The molecule has 1 aliphatic rings. The molecular formula is C12H24O3. The molecule has 0 aliphatic heterocycles. The molecule has 0 aromatic heterocycles. The van der Waals surface area contributed by atoms with Crippen molar-refractivity contribution in [2.75, 3.05) is 19.8 Å². The van der Waals surface area contributed by atoms with Gasteiger partial charge in [0.2, 0.25) is 0 Å². The van der Waals surface area contributed by atoms with Crippen molar-refractivity contribution in [1.29, 1.82) is 0 Å². The molecule has 0 atom stereocenters. The molecule has 0 bridgehead atoms. The molecular weight excluding hydrogens is 192 g/mol. The number of hydrogen-bond acceptors (Lipinski definition) is 3. The van der Waals surface area contributed by atoms with Crippen LogP contribution in [-0.4, -0.2) is 32.2 Å². The van der Waals surface area contributed by atoms with E-state index in [-0.39, 0.29) is 6.29 Å². The zero-order valence-electron chi connectivity index (χ0n) is 10.0. The second-order valence-electron chi connectivity index (χ2n) is 3.91. The minimum absolute atomic E-state index is 0.0820. The van der Waals surface area contributed by atoms with Crippen LogP contribution in [0.2, 0.25) is 0 Å². The van der Waals surface area contributed by atoms with Gasteiger partial charge in [-0.05, 0) is 26.7 Å². The molecule has 0 spiro atoms. The van der Waals surface area contributed by atoms with Crippen LogP contribution in [-0.2, 0) is 14.2 Å². The molecule has 0 amide bonds. The van der Waals surface area contributed by atoms with Crippen LogP contribution in [0.5, 0.6) is 0 Å². The van der Waals surface area contributed by atoms with Gasteiger partial charge in [-0.2, -0.15) is 0 Å². The van der Waals surface area contributed by atoms with E-state index >= 15 is 0 Å². The Balaban J connectivity index is 2.04. The van der Waals surface area contributed by atoms with E-state index < -0.39 is 0 Å². The molecule has 0 radical (unpaired) electrons. The highest BCUT2D eigenvalue weighted by Gasteiger charge is 2.16. The lowest BCUT2D eigenvalue weighted by molar-refractivity contribution is -0.149. The number of rotatable bonds is 8. The summed E-state index contributed by atoms with van der Waals surface area (Å²) in [5.41, 5.74) is 0. The van der Waals surface area contributed by atoms with Gasteiger partial charge < -0.3 is 14.2 Å². The largest absolute Gasteiger partial charge is 0.378 e. The second kappa shape index (κ2) is 8.08. The van der Waals surface area contributed by atoms with Gasteiger partial charge in [-0.3, -0.25) is 0 Å². The maximum atomic E-state index is 5.77. The van der Waals surface area contributed by atoms with Crippen LogP contribution in [0.15, 0.2) is 0 Å². The Morgan fingerprint density at radius 1 is 1.07 bits per heavy atom. The lowest BCUT2D eigenvalue weighted by Crippen LogP contribution is -2.21. The Morgan fingerprint density at radius 3 is 2.20 bits per heavy atom. The maximum Gasteiger partial charge on any atom is 0.159 e. The summed E-state index contributed by atoms with van der Waals surface area (Å²) < 4.78 is 16.7. The van der Waals surface area contributed by atoms with Crippen molar-refractivity contribution in [1.82, 2.24) is 0 Å². The van der Waals surface area contributed by atoms with Gasteiger partial charge in [0.05, 0.1) is 12.7 Å². The van der Waals surface area contributed by atoms with Crippen molar-refractivity contribution in [3.05, 3.63) is 0 Å². The predicted molar refractivity (Wildman–Crippen MR) is 59.9 cm³/mol. The summed E-state index contributed by atoms with van der Waals surface area (Å²) in [6, 6.07) is 0. The van der Waals surface area contributed by atoms with E-state index in [0.29, 0.717) is 19.3 Å². The lowest BCUT2D eigenvalue weighted by Gasteiger charge is -2.18. The molecule has 1 saturated carbocycles. The van der Waals surface area contributed by atoms with Crippen molar-refractivity contribution < 1.29 is 14.2 Å². The average molecular weight is 216 g/mol. The van der Waals surface area contributed by atoms with Crippen LogP contribution in [0.25, 0.3) is 0 Å². The Labute approximate surface area is 93.1 Å². The maximum absolute atomic E-state index is 5.77. The lowest BCUT2D eigenvalue weighted by atomic mass is 10.3. The summed E-state index contributed by atoms with van der Waals surface area (Å²) >= 11 is 0. The van der Waals surface area contributed by atoms with Gasteiger partial charge in [0.1, 0.15) is 0 Å². The molecule has 15 heavy (non-hydrogen) atoms. The minimum atomic E-state index is -0.0820. The van der Waals surface area contributed by atoms with Crippen molar-refractivity contribution in [2.45, 2.75) is 58.3 Å². The number of hydrogen-bond donors (Lipinski definition) is 0. The first-order chi connectivity index (χ1) is 7.36. The van der Waals surface area contributed by atoms with Crippen LogP contribution in [0.3, 0.4) is 0 Å². The normalized spacial score (nSPS) is 17.8. The van der Waals surface area contributed by atoms with Gasteiger partial charge in [0.15, 0.2) is 6.29 Å². The Kier molecular flexibility index (Phi) is 6.98. The quantitative estimate of drug-likeness (QED) is 0.584. The Hall–Kier alpha value is -0.120. The van der Waals surface area contributed by atoms with Crippen molar-refractivity contribution in [3.63, 3.8) is 0 Å². The van der Waals surface area contributed by atoms with E-state index in [1.165, 1.54) is 25.7 Å². The van der Waals surface area contributed by atoms with E-state index in [2.05, 4.69) is 0 Å². The Bertz CT molecular complexity index is 138. The summed E-state index contributed by atoms with van der Waals surface area (Å²) in [5.74, 6) is 0. The van der Waals surface area contributed by atoms with E-state index in [1.807, 2.05) is 13.8 Å². The van der Waals surface area contributed by atoms with E-state index in [4.69, 9.17) is 14.2 Å². The molecule has 0 saturated heterocycles. The highest BCUT2D eigenvalue weighted by atomic mass is 16.7. The summed E-state index contributed by atoms with van der Waals surface area (Å²) in [6.07, 6.45) is 6.37. The molecule has 0 N–H and O–H groups in total. The summed E-state index contributed by atoms with van der Waals surface area (Å²) in [4.78, 5) is 0. The highest BCUT2D eigenvalue weighted by molar-refractivity contribution is 4.66. The highest BCUT2D eigenvalue weighted by Crippen LogP contribution is 2.21. The van der Waals surface area contributed by atoms with Crippen LogP contribution in [0.4, 0.5) is 0 Å². The first-order valence-electron chi connectivity index (χ1n) is 6.21. The molecule has 1 aliphatic carbocycles. The van der Waals surface area contributed by atoms with Crippen LogP contribution < -0.4 is 0 Å². The Morgan fingerprint density at radius 2 is 1.67 bits per heavy atom. The first kappa shape index (κ1) is 12.9.